The highest BCUT2D eigenvalue weighted by Crippen LogP contribution is 2.35. The molecular formula is C15H26O2. The molecule has 0 aliphatic heterocycles. The minimum absolute atomic E-state index is 0.254. The minimum atomic E-state index is -0.254. The number of carbonyl (C=O) groups is 1. The Morgan fingerprint density at radius 2 is 2.00 bits per heavy atom. The summed E-state index contributed by atoms with van der Waals surface area (Å²) in [6.45, 7) is 10.5. The molecule has 0 spiro atoms. The van der Waals surface area contributed by atoms with Gasteiger partial charge < -0.3 is 4.74 Å². The van der Waals surface area contributed by atoms with E-state index in [0.29, 0.717) is 12.2 Å². The van der Waals surface area contributed by atoms with E-state index in [2.05, 4.69) is 20.4 Å². The van der Waals surface area contributed by atoms with Crippen LogP contribution in [-0.4, -0.2) is 12.6 Å². The molecule has 2 nitrogen and oxygen atoms in total. The molecule has 1 aliphatic rings. The van der Waals surface area contributed by atoms with Gasteiger partial charge in [-0.1, -0.05) is 33.3 Å². The first kappa shape index (κ1) is 14.3. The Balaban J connectivity index is 2.11. The largest absolute Gasteiger partial charge is 0.462 e. The van der Waals surface area contributed by atoms with Gasteiger partial charge >= 0.3 is 5.97 Å². The zero-order valence-corrected chi connectivity index (χ0v) is 11.5. The average Bonchev–Trinajstić information content (AvgIpc) is 2.28. The summed E-state index contributed by atoms with van der Waals surface area (Å²) in [6.07, 6.45) is 6.23. The summed E-state index contributed by atoms with van der Waals surface area (Å²) in [5.74, 6) is 2.32. The molecule has 3 unspecified atom stereocenters. The number of hydrogen-bond donors (Lipinski definition) is 0. The fraction of sp³-hybridized carbons (Fsp3) is 0.800. The maximum atomic E-state index is 11.2. The molecule has 1 fully saturated rings. The first-order chi connectivity index (χ1) is 8.00. The van der Waals surface area contributed by atoms with Crippen molar-refractivity contribution in [3.05, 3.63) is 12.2 Å². The standard InChI is InChI=1S/C15H26O2/c1-11(2)15(16)17-9-5-6-14-8-7-12(3)13(4)10-14/h12-14H,1,5-10H2,2-4H3. The van der Waals surface area contributed by atoms with E-state index < -0.39 is 0 Å². The Morgan fingerprint density at radius 1 is 1.29 bits per heavy atom. The van der Waals surface area contributed by atoms with Crippen LogP contribution in [0, 0.1) is 17.8 Å². The normalized spacial score (nSPS) is 28.8. The topological polar surface area (TPSA) is 26.3 Å². The number of esters is 1. The highest BCUT2D eigenvalue weighted by molar-refractivity contribution is 5.86. The van der Waals surface area contributed by atoms with E-state index in [9.17, 15) is 4.79 Å². The van der Waals surface area contributed by atoms with Crippen molar-refractivity contribution in [3.63, 3.8) is 0 Å². The predicted octanol–water partition coefficient (Wildman–Crippen LogP) is 3.96. The van der Waals surface area contributed by atoms with Crippen LogP contribution in [-0.2, 0) is 9.53 Å². The molecule has 0 bridgehead atoms. The van der Waals surface area contributed by atoms with Gasteiger partial charge in [0.05, 0.1) is 6.61 Å². The van der Waals surface area contributed by atoms with Crippen LogP contribution in [0.5, 0.6) is 0 Å². The van der Waals surface area contributed by atoms with Crippen molar-refractivity contribution in [1.29, 1.82) is 0 Å². The van der Waals surface area contributed by atoms with E-state index in [-0.39, 0.29) is 5.97 Å². The van der Waals surface area contributed by atoms with Gasteiger partial charge in [-0.05, 0) is 43.9 Å². The molecule has 1 aliphatic carbocycles. The van der Waals surface area contributed by atoms with Crippen molar-refractivity contribution >= 4 is 5.97 Å². The van der Waals surface area contributed by atoms with E-state index in [1.54, 1.807) is 6.92 Å². The van der Waals surface area contributed by atoms with Gasteiger partial charge in [0.1, 0.15) is 0 Å². The number of hydrogen-bond acceptors (Lipinski definition) is 2. The third-order valence-electron chi connectivity index (χ3n) is 4.05. The molecule has 0 aromatic carbocycles. The minimum Gasteiger partial charge on any atom is -0.462 e. The van der Waals surface area contributed by atoms with Crippen LogP contribution in [0.2, 0.25) is 0 Å². The second-order valence-electron chi connectivity index (χ2n) is 5.69. The van der Waals surface area contributed by atoms with E-state index in [1.807, 2.05) is 0 Å². The Morgan fingerprint density at radius 3 is 2.59 bits per heavy atom. The molecule has 0 N–H and O–H groups in total. The third-order valence-corrected chi connectivity index (χ3v) is 4.05. The summed E-state index contributed by atoms with van der Waals surface area (Å²) >= 11 is 0. The molecule has 0 heterocycles. The summed E-state index contributed by atoms with van der Waals surface area (Å²) in [6, 6.07) is 0. The van der Waals surface area contributed by atoms with Crippen molar-refractivity contribution in [3.8, 4) is 0 Å². The summed E-state index contributed by atoms with van der Waals surface area (Å²) in [5.41, 5.74) is 0.491. The lowest BCUT2D eigenvalue weighted by Crippen LogP contribution is -2.21. The predicted molar refractivity (Wildman–Crippen MR) is 70.7 cm³/mol. The van der Waals surface area contributed by atoms with Gasteiger partial charge in [-0.25, -0.2) is 4.79 Å². The van der Waals surface area contributed by atoms with Gasteiger partial charge in [0.15, 0.2) is 0 Å². The van der Waals surface area contributed by atoms with Crippen LogP contribution in [0.3, 0.4) is 0 Å². The van der Waals surface area contributed by atoms with E-state index in [0.717, 1.165) is 24.2 Å². The summed E-state index contributed by atoms with van der Waals surface area (Å²) < 4.78 is 5.10. The number of ether oxygens (including phenoxy) is 1. The zero-order valence-electron chi connectivity index (χ0n) is 11.5. The maximum Gasteiger partial charge on any atom is 0.333 e. The van der Waals surface area contributed by atoms with Crippen LogP contribution in [0.4, 0.5) is 0 Å². The molecule has 98 valence electrons. The van der Waals surface area contributed by atoms with Gasteiger partial charge in [-0.2, -0.15) is 0 Å². The molecule has 2 heteroatoms. The molecule has 0 radical (unpaired) electrons. The van der Waals surface area contributed by atoms with Crippen molar-refractivity contribution in [2.45, 2.75) is 52.9 Å². The van der Waals surface area contributed by atoms with Gasteiger partial charge in [0.25, 0.3) is 0 Å². The molecule has 17 heavy (non-hydrogen) atoms. The van der Waals surface area contributed by atoms with Crippen molar-refractivity contribution < 1.29 is 9.53 Å². The van der Waals surface area contributed by atoms with Crippen LogP contribution < -0.4 is 0 Å². The Bertz CT molecular complexity index is 270. The first-order valence-corrected chi connectivity index (χ1v) is 6.83. The highest BCUT2D eigenvalue weighted by Gasteiger charge is 2.23. The van der Waals surface area contributed by atoms with Crippen molar-refractivity contribution in [2.75, 3.05) is 6.61 Å². The maximum absolute atomic E-state index is 11.2. The van der Waals surface area contributed by atoms with Gasteiger partial charge in [0.2, 0.25) is 0 Å². The highest BCUT2D eigenvalue weighted by atomic mass is 16.5. The fourth-order valence-corrected chi connectivity index (χ4v) is 2.58. The molecule has 0 aromatic rings. The monoisotopic (exact) mass is 238 g/mol. The SMILES string of the molecule is C=C(C)C(=O)OCCCC1CCC(C)C(C)C1. The van der Waals surface area contributed by atoms with E-state index in [1.165, 1.54) is 25.7 Å². The van der Waals surface area contributed by atoms with Crippen LogP contribution in [0.25, 0.3) is 0 Å². The summed E-state index contributed by atoms with van der Waals surface area (Å²) in [4.78, 5) is 11.2. The smallest absolute Gasteiger partial charge is 0.333 e. The molecule has 0 saturated heterocycles. The number of rotatable bonds is 5. The lowest BCUT2D eigenvalue weighted by molar-refractivity contribution is -0.139. The van der Waals surface area contributed by atoms with Crippen LogP contribution in [0.15, 0.2) is 12.2 Å². The molecule has 0 aromatic heterocycles. The van der Waals surface area contributed by atoms with Gasteiger partial charge in [-0.3, -0.25) is 0 Å². The molecular weight excluding hydrogens is 212 g/mol. The van der Waals surface area contributed by atoms with Crippen LogP contribution in [0.1, 0.15) is 52.9 Å². The quantitative estimate of drug-likeness (QED) is 0.412. The zero-order chi connectivity index (χ0) is 12.8. The summed E-state index contributed by atoms with van der Waals surface area (Å²) in [7, 11) is 0. The first-order valence-electron chi connectivity index (χ1n) is 6.83. The van der Waals surface area contributed by atoms with Crippen molar-refractivity contribution in [1.82, 2.24) is 0 Å². The molecule has 0 amide bonds. The van der Waals surface area contributed by atoms with E-state index in [4.69, 9.17) is 4.74 Å². The second-order valence-corrected chi connectivity index (χ2v) is 5.69. The lowest BCUT2D eigenvalue weighted by Gasteiger charge is -2.32. The van der Waals surface area contributed by atoms with Crippen molar-refractivity contribution in [2.24, 2.45) is 17.8 Å². The molecule has 1 saturated carbocycles. The number of carbonyl (C=O) groups excluding carboxylic acids is 1. The Hall–Kier alpha value is -0.790. The Labute approximate surface area is 105 Å². The third kappa shape index (κ3) is 4.93. The van der Waals surface area contributed by atoms with Gasteiger partial charge in [-0.15, -0.1) is 0 Å². The van der Waals surface area contributed by atoms with Gasteiger partial charge in [0, 0.05) is 5.57 Å². The lowest BCUT2D eigenvalue weighted by atomic mass is 9.74. The molecule has 1 rings (SSSR count). The Kier molecular flexibility index (Phi) is 5.73. The fourth-order valence-electron chi connectivity index (χ4n) is 2.58. The second kappa shape index (κ2) is 6.83. The summed E-state index contributed by atoms with van der Waals surface area (Å²) in [5, 5.41) is 0. The van der Waals surface area contributed by atoms with Crippen LogP contribution >= 0.6 is 0 Å². The molecule has 3 atom stereocenters. The average molecular weight is 238 g/mol. The van der Waals surface area contributed by atoms with E-state index >= 15 is 0 Å².